The van der Waals surface area contributed by atoms with E-state index in [-0.39, 0.29) is 34.8 Å². The molecule has 1 aromatic heterocycles. The van der Waals surface area contributed by atoms with E-state index in [1.807, 2.05) is 52.0 Å². The van der Waals surface area contributed by atoms with Crippen molar-refractivity contribution in [1.29, 1.82) is 0 Å². The predicted octanol–water partition coefficient (Wildman–Crippen LogP) is 4.99. The van der Waals surface area contributed by atoms with Gasteiger partial charge in [0.25, 0.3) is 0 Å². The summed E-state index contributed by atoms with van der Waals surface area (Å²) in [7, 11) is 4.90. The summed E-state index contributed by atoms with van der Waals surface area (Å²) in [4.78, 5) is 30.9. The molecule has 1 atom stereocenters. The Hall–Kier alpha value is -3.66. The zero-order valence-electron chi connectivity index (χ0n) is 24.6. The van der Waals surface area contributed by atoms with E-state index in [0.717, 1.165) is 54.2 Å². The first-order valence-corrected chi connectivity index (χ1v) is 14.9. The number of hydrogen-bond acceptors (Lipinski definition) is 7. The molecule has 3 aromatic rings. The molecule has 5 rings (SSSR count). The fourth-order valence-electron chi connectivity index (χ4n) is 5.47. The molecule has 1 saturated heterocycles. The average molecular weight is 579 g/mol. The third-order valence-electron chi connectivity index (χ3n) is 7.59. The summed E-state index contributed by atoms with van der Waals surface area (Å²) in [5.74, 6) is 2.72. The van der Waals surface area contributed by atoms with Crippen LogP contribution in [-0.4, -0.2) is 73.2 Å². The maximum Gasteiger partial charge on any atom is 0.242 e. The predicted molar refractivity (Wildman–Crippen MR) is 161 cm³/mol. The second kappa shape index (κ2) is 11.7. The van der Waals surface area contributed by atoms with Crippen molar-refractivity contribution in [3.63, 3.8) is 0 Å². The van der Waals surface area contributed by atoms with Crippen molar-refractivity contribution >= 4 is 29.4 Å². The largest absolute Gasteiger partial charge is 0.497 e. The number of thioether (sulfide) groups is 1. The molecular weight excluding hydrogens is 540 g/mol. The molecule has 3 heterocycles. The highest BCUT2D eigenvalue weighted by molar-refractivity contribution is 8.00. The molecule has 2 aromatic carbocycles. The highest BCUT2D eigenvalue weighted by atomic mass is 32.2. The number of fused-ring (bicyclic) bond motifs is 1. The molecule has 2 aliphatic rings. The SMILES string of the molecule is COc1ccc(-n2nc(C(C)(C)C)c3c2N(CC(=O)N2CCCC2)C(=O)CS[C@H]3c2cc(OC)ccc2OC)cc1. The maximum atomic E-state index is 13.9. The van der Waals surface area contributed by atoms with E-state index >= 15 is 0 Å². The van der Waals surface area contributed by atoms with Crippen LogP contribution in [0.2, 0.25) is 0 Å². The zero-order valence-corrected chi connectivity index (χ0v) is 25.4. The van der Waals surface area contributed by atoms with Crippen molar-refractivity contribution in [2.75, 3.05) is 51.6 Å². The van der Waals surface area contributed by atoms with E-state index in [1.165, 1.54) is 11.8 Å². The molecule has 0 radical (unpaired) electrons. The van der Waals surface area contributed by atoms with Gasteiger partial charge in [-0.1, -0.05) is 20.8 Å². The first-order chi connectivity index (χ1) is 19.7. The Balaban J connectivity index is 1.77. The number of ether oxygens (including phenoxy) is 3. The molecule has 0 aliphatic carbocycles. The van der Waals surface area contributed by atoms with Gasteiger partial charge in [0.2, 0.25) is 11.8 Å². The first-order valence-electron chi connectivity index (χ1n) is 13.9. The second-order valence-electron chi connectivity index (χ2n) is 11.3. The summed E-state index contributed by atoms with van der Waals surface area (Å²) in [6, 6.07) is 13.3. The van der Waals surface area contributed by atoms with Crippen LogP contribution in [-0.2, 0) is 15.0 Å². The molecule has 41 heavy (non-hydrogen) atoms. The lowest BCUT2D eigenvalue weighted by molar-refractivity contribution is -0.130. The topological polar surface area (TPSA) is 86.1 Å². The molecular formula is C31H38N4O5S. The van der Waals surface area contributed by atoms with Gasteiger partial charge in [-0.25, -0.2) is 4.68 Å². The number of benzene rings is 2. The number of carbonyl (C=O) groups is 2. The van der Waals surface area contributed by atoms with Crippen LogP contribution in [0.3, 0.4) is 0 Å². The van der Waals surface area contributed by atoms with Gasteiger partial charge in [0.05, 0.1) is 43.7 Å². The van der Waals surface area contributed by atoms with Crippen molar-refractivity contribution in [2.45, 2.75) is 44.3 Å². The van der Waals surface area contributed by atoms with Crippen molar-refractivity contribution in [2.24, 2.45) is 0 Å². The van der Waals surface area contributed by atoms with Gasteiger partial charge in [0, 0.05) is 29.6 Å². The third-order valence-corrected chi connectivity index (χ3v) is 8.82. The number of aromatic nitrogens is 2. The Labute approximate surface area is 245 Å². The van der Waals surface area contributed by atoms with Crippen molar-refractivity contribution in [1.82, 2.24) is 14.7 Å². The average Bonchev–Trinajstić information content (AvgIpc) is 3.62. The van der Waals surface area contributed by atoms with Gasteiger partial charge >= 0.3 is 0 Å². The highest BCUT2D eigenvalue weighted by Crippen LogP contribution is 2.51. The van der Waals surface area contributed by atoms with Crippen LogP contribution in [0.5, 0.6) is 17.2 Å². The van der Waals surface area contributed by atoms with E-state index in [2.05, 4.69) is 20.8 Å². The lowest BCUT2D eigenvalue weighted by atomic mass is 9.87. The lowest BCUT2D eigenvalue weighted by Crippen LogP contribution is -2.43. The normalized spacial score (nSPS) is 17.3. The molecule has 0 bridgehead atoms. The highest BCUT2D eigenvalue weighted by Gasteiger charge is 2.41. The summed E-state index contributed by atoms with van der Waals surface area (Å²) in [6.45, 7) is 7.74. The number of rotatable bonds is 7. The quantitative estimate of drug-likeness (QED) is 0.391. The monoisotopic (exact) mass is 578 g/mol. The van der Waals surface area contributed by atoms with Crippen LogP contribution in [0.15, 0.2) is 42.5 Å². The molecule has 218 valence electrons. The third kappa shape index (κ3) is 5.62. The van der Waals surface area contributed by atoms with Crippen molar-refractivity contribution in [3.8, 4) is 22.9 Å². The number of hydrogen-bond donors (Lipinski definition) is 0. The van der Waals surface area contributed by atoms with Crippen LogP contribution in [0.1, 0.15) is 55.7 Å². The number of nitrogens with zero attached hydrogens (tertiary/aromatic N) is 4. The minimum absolute atomic E-state index is 0.0419. The summed E-state index contributed by atoms with van der Waals surface area (Å²) in [6.07, 6.45) is 1.97. The van der Waals surface area contributed by atoms with Gasteiger partial charge < -0.3 is 19.1 Å². The Morgan fingerprint density at radius 3 is 2.24 bits per heavy atom. The summed E-state index contributed by atoms with van der Waals surface area (Å²) < 4.78 is 18.6. The van der Waals surface area contributed by atoms with Crippen LogP contribution in [0.25, 0.3) is 5.69 Å². The molecule has 0 unspecified atom stereocenters. The Bertz CT molecular complexity index is 1420. The Kier molecular flexibility index (Phi) is 8.22. The number of methoxy groups -OCH3 is 3. The van der Waals surface area contributed by atoms with Gasteiger partial charge in [0.15, 0.2) is 0 Å². The Morgan fingerprint density at radius 1 is 0.976 bits per heavy atom. The number of likely N-dealkylation sites (tertiary alicyclic amines) is 1. The van der Waals surface area contributed by atoms with Crippen LogP contribution >= 0.6 is 11.8 Å². The molecule has 0 N–H and O–H groups in total. The molecule has 1 fully saturated rings. The van der Waals surface area contributed by atoms with E-state index in [0.29, 0.717) is 17.3 Å². The minimum Gasteiger partial charge on any atom is -0.497 e. The fourth-order valence-corrected chi connectivity index (χ4v) is 6.68. The maximum absolute atomic E-state index is 13.9. The van der Waals surface area contributed by atoms with Crippen molar-refractivity contribution < 1.29 is 23.8 Å². The van der Waals surface area contributed by atoms with Gasteiger partial charge in [-0.05, 0) is 55.3 Å². The van der Waals surface area contributed by atoms with Crippen LogP contribution in [0.4, 0.5) is 5.82 Å². The van der Waals surface area contributed by atoms with Crippen LogP contribution < -0.4 is 19.1 Å². The van der Waals surface area contributed by atoms with E-state index in [4.69, 9.17) is 19.3 Å². The van der Waals surface area contributed by atoms with Crippen LogP contribution in [0, 0.1) is 0 Å². The molecule has 0 saturated carbocycles. The molecule has 9 nitrogen and oxygen atoms in total. The zero-order chi connectivity index (χ0) is 29.3. The van der Waals surface area contributed by atoms with Gasteiger partial charge in [-0.3, -0.25) is 14.5 Å². The van der Waals surface area contributed by atoms with Gasteiger partial charge in [0.1, 0.15) is 29.6 Å². The smallest absolute Gasteiger partial charge is 0.242 e. The van der Waals surface area contributed by atoms with Gasteiger partial charge in [-0.15, -0.1) is 11.8 Å². The summed E-state index contributed by atoms with van der Waals surface area (Å²) in [5, 5.41) is 4.87. The Morgan fingerprint density at radius 2 is 1.63 bits per heavy atom. The number of anilines is 1. The summed E-state index contributed by atoms with van der Waals surface area (Å²) in [5.41, 5.74) is 3.03. The molecule has 10 heteroatoms. The number of carbonyl (C=O) groups excluding carboxylic acids is 2. The van der Waals surface area contributed by atoms with Crippen molar-refractivity contribution in [3.05, 3.63) is 59.3 Å². The minimum atomic E-state index is -0.370. The second-order valence-corrected chi connectivity index (χ2v) is 12.4. The van der Waals surface area contributed by atoms with E-state index in [1.54, 1.807) is 26.2 Å². The number of amides is 2. The summed E-state index contributed by atoms with van der Waals surface area (Å²) >= 11 is 1.52. The molecule has 0 spiro atoms. The van der Waals surface area contributed by atoms with E-state index in [9.17, 15) is 9.59 Å². The first kappa shape index (κ1) is 28.9. The lowest BCUT2D eigenvalue weighted by Gasteiger charge is -2.26. The van der Waals surface area contributed by atoms with Gasteiger partial charge in [-0.2, -0.15) is 5.10 Å². The van der Waals surface area contributed by atoms with E-state index < -0.39 is 0 Å². The molecule has 2 amide bonds. The molecule has 2 aliphatic heterocycles. The fraction of sp³-hybridized carbons (Fsp3) is 0.452. The standard InChI is InChI=1S/C31H38N4O5S/c1-31(2,3)29-27-28(23-17-22(39-5)13-14-24(23)40-6)41-19-26(37)34(18-25(36)33-15-7-8-16-33)30(27)35(32-29)20-9-11-21(38-4)12-10-20/h9-14,17,28H,7-8,15-16,18-19H2,1-6H3/t28-/m0/s1.